The van der Waals surface area contributed by atoms with Crippen LogP contribution in [0.4, 0.5) is 5.69 Å². The number of anilines is 1. The van der Waals surface area contributed by atoms with Crippen molar-refractivity contribution in [2.24, 2.45) is 0 Å². The van der Waals surface area contributed by atoms with Crippen LogP contribution in [-0.4, -0.2) is 11.8 Å². The molecule has 0 aromatic heterocycles. The van der Waals surface area contributed by atoms with Crippen molar-refractivity contribution in [2.45, 2.75) is 25.7 Å². The molecule has 0 atom stereocenters. The molecule has 1 fully saturated rings. The standard InChI is InChI=1S/C12H11BrClNO2/c13-9-6-5-8(14)7-10(9)15-11(16)3-1-2-4-12(15)17/h5-7H,1-4H2. The Hall–Kier alpha value is -0.870. The predicted octanol–water partition coefficient (Wildman–Crippen LogP) is 3.54. The van der Waals surface area contributed by atoms with Crippen molar-refractivity contribution < 1.29 is 9.59 Å². The molecule has 0 spiro atoms. The van der Waals surface area contributed by atoms with Gasteiger partial charge in [-0.2, -0.15) is 0 Å². The first-order valence-corrected chi connectivity index (χ1v) is 6.57. The van der Waals surface area contributed by atoms with Crippen LogP contribution in [-0.2, 0) is 9.59 Å². The Balaban J connectivity index is 2.45. The van der Waals surface area contributed by atoms with Gasteiger partial charge >= 0.3 is 0 Å². The number of carbonyl (C=O) groups is 2. The van der Waals surface area contributed by atoms with Crippen molar-refractivity contribution in [2.75, 3.05) is 4.90 Å². The zero-order chi connectivity index (χ0) is 12.4. The second-order valence-electron chi connectivity index (χ2n) is 3.93. The first-order chi connectivity index (χ1) is 8.09. The van der Waals surface area contributed by atoms with Crippen LogP contribution in [0.5, 0.6) is 0 Å². The van der Waals surface area contributed by atoms with E-state index in [1.807, 2.05) is 0 Å². The smallest absolute Gasteiger partial charge is 0.233 e. The average Bonchev–Trinajstić information content (AvgIpc) is 2.44. The number of carbonyl (C=O) groups excluding carboxylic acids is 2. The van der Waals surface area contributed by atoms with Gasteiger partial charge in [0.25, 0.3) is 0 Å². The molecule has 2 amide bonds. The summed E-state index contributed by atoms with van der Waals surface area (Å²) >= 11 is 9.24. The van der Waals surface area contributed by atoms with Gasteiger partial charge in [0, 0.05) is 22.3 Å². The summed E-state index contributed by atoms with van der Waals surface area (Å²) < 4.78 is 0.700. The molecule has 0 radical (unpaired) electrons. The molecule has 1 aromatic rings. The maximum atomic E-state index is 11.9. The Kier molecular flexibility index (Phi) is 3.84. The third-order valence-electron chi connectivity index (χ3n) is 2.68. The quantitative estimate of drug-likeness (QED) is 0.743. The van der Waals surface area contributed by atoms with Gasteiger partial charge in [0.05, 0.1) is 5.69 Å². The Bertz CT molecular complexity index is 458. The van der Waals surface area contributed by atoms with Crippen molar-refractivity contribution in [1.82, 2.24) is 0 Å². The first kappa shape index (κ1) is 12.6. The highest BCUT2D eigenvalue weighted by Crippen LogP contribution is 2.31. The van der Waals surface area contributed by atoms with Gasteiger partial charge < -0.3 is 0 Å². The van der Waals surface area contributed by atoms with Crippen LogP contribution in [0.2, 0.25) is 5.02 Å². The summed E-state index contributed by atoms with van der Waals surface area (Å²) in [7, 11) is 0. The Morgan fingerprint density at radius 3 is 2.29 bits per heavy atom. The molecule has 90 valence electrons. The molecular formula is C12H11BrClNO2. The van der Waals surface area contributed by atoms with Gasteiger partial charge in [-0.3, -0.25) is 9.59 Å². The van der Waals surface area contributed by atoms with Crippen LogP contribution in [0.25, 0.3) is 0 Å². The molecule has 1 aromatic carbocycles. The summed E-state index contributed by atoms with van der Waals surface area (Å²) in [5.41, 5.74) is 0.536. The van der Waals surface area contributed by atoms with E-state index in [0.29, 0.717) is 28.0 Å². The summed E-state index contributed by atoms with van der Waals surface area (Å²) in [6.07, 6.45) is 2.34. The highest BCUT2D eigenvalue weighted by molar-refractivity contribution is 9.10. The lowest BCUT2D eigenvalue weighted by Crippen LogP contribution is -2.35. The van der Waals surface area contributed by atoms with E-state index in [2.05, 4.69) is 15.9 Å². The molecule has 0 unspecified atom stereocenters. The van der Waals surface area contributed by atoms with Gasteiger partial charge in [0.2, 0.25) is 11.8 Å². The predicted molar refractivity (Wildman–Crippen MR) is 70.1 cm³/mol. The topological polar surface area (TPSA) is 37.4 Å². The van der Waals surface area contributed by atoms with E-state index in [-0.39, 0.29) is 11.8 Å². The molecule has 0 aliphatic carbocycles. The Morgan fingerprint density at radius 1 is 1.12 bits per heavy atom. The third kappa shape index (κ3) is 2.69. The van der Waals surface area contributed by atoms with Gasteiger partial charge in [-0.1, -0.05) is 11.6 Å². The zero-order valence-corrected chi connectivity index (χ0v) is 11.4. The number of benzene rings is 1. The van der Waals surface area contributed by atoms with Crippen molar-refractivity contribution >= 4 is 45.0 Å². The lowest BCUT2D eigenvalue weighted by molar-refractivity contribution is -0.125. The molecule has 0 bridgehead atoms. The number of nitrogens with zero attached hydrogens (tertiary/aromatic N) is 1. The van der Waals surface area contributed by atoms with E-state index < -0.39 is 0 Å². The average molecular weight is 317 g/mol. The summed E-state index contributed by atoms with van der Waals surface area (Å²) in [6.45, 7) is 0. The minimum Gasteiger partial charge on any atom is -0.274 e. The molecule has 1 heterocycles. The first-order valence-electron chi connectivity index (χ1n) is 5.40. The second kappa shape index (κ2) is 5.19. The Labute approximate surface area is 113 Å². The van der Waals surface area contributed by atoms with Crippen molar-refractivity contribution in [3.05, 3.63) is 27.7 Å². The number of rotatable bonds is 1. The number of amides is 2. The monoisotopic (exact) mass is 315 g/mol. The van der Waals surface area contributed by atoms with Gasteiger partial charge in [0.1, 0.15) is 0 Å². The molecule has 3 nitrogen and oxygen atoms in total. The lowest BCUT2D eigenvalue weighted by atomic mass is 10.2. The summed E-state index contributed by atoms with van der Waals surface area (Å²) in [6, 6.07) is 5.08. The SMILES string of the molecule is O=C1CCCCC(=O)N1c1cc(Cl)ccc1Br. The molecule has 1 aliphatic rings. The van der Waals surface area contributed by atoms with E-state index in [4.69, 9.17) is 11.6 Å². The van der Waals surface area contributed by atoms with E-state index in [9.17, 15) is 9.59 Å². The number of hydrogen-bond donors (Lipinski definition) is 0. The van der Waals surface area contributed by atoms with Gasteiger partial charge in [0.15, 0.2) is 0 Å². The summed E-state index contributed by atoms with van der Waals surface area (Å²) in [4.78, 5) is 25.1. The summed E-state index contributed by atoms with van der Waals surface area (Å²) in [5, 5.41) is 0.507. The molecule has 2 rings (SSSR count). The minimum absolute atomic E-state index is 0.157. The molecular weight excluding hydrogens is 305 g/mol. The summed E-state index contributed by atoms with van der Waals surface area (Å²) in [5.74, 6) is -0.314. The maximum absolute atomic E-state index is 11.9. The lowest BCUT2D eigenvalue weighted by Gasteiger charge is -2.20. The second-order valence-corrected chi connectivity index (χ2v) is 5.22. The normalized spacial score (nSPS) is 17.2. The highest BCUT2D eigenvalue weighted by atomic mass is 79.9. The van der Waals surface area contributed by atoms with Crippen LogP contribution >= 0.6 is 27.5 Å². The highest BCUT2D eigenvalue weighted by Gasteiger charge is 2.27. The minimum atomic E-state index is -0.157. The van der Waals surface area contributed by atoms with E-state index in [1.54, 1.807) is 18.2 Å². The molecule has 5 heteroatoms. The van der Waals surface area contributed by atoms with Gasteiger partial charge in [-0.05, 0) is 47.0 Å². The molecule has 0 N–H and O–H groups in total. The van der Waals surface area contributed by atoms with Crippen molar-refractivity contribution in [3.63, 3.8) is 0 Å². The number of hydrogen-bond acceptors (Lipinski definition) is 2. The number of halogens is 2. The van der Waals surface area contributed by atoms with E-state index in [1.165, 1.54) is 4.90 Å². The Morgan fingerprint density at radius 2 is 1.71 bits per heavy atom. The van der Waals surface area contributed by atoms with Gasteiger partial charge in [-0.15, -0.1) is 0 Å². The molecule has 17 heavy (non-hydrogen) atoms. The third-order valence-corrected chi connectivity index (χ3v) is 3.58. The zero-order valence-electron chi connectivity index (χ0n) is 9.08. The van der Waals surface area contributed by atoms with Crippen molar-refractivity contribution in [1.29, 1.82) is 0 Å². The van der Waals surface area contributed by atoms with Crippen LogP contribution in [0.3, 0.4) is 0 Å². The van der Waals surface area contributed by atoms with Crippen LogP contribution in [0, 0.1) is 0 Å². The van der Waals surface area contributed by atoms with Crippen LogP contribution < -0.4 is 4.90 Å². The van der Waals surface area contributed by atoms with Crippen LogP contribution in [0.15, 0.2) is 22.7 Å². The fourth-order valence-electron chi connectivity index (χ4n) is 1.84. The fraction of sp³-hybridized carbons (Fsp3) is 0.333. The van der Waals surface area contributed by atoms with Crippen LogP contribution in [0.1, 0.15) is 25.7 Å². The molecule has 0 saturated carbocycles. The molecule has 1 saturated heterocycles. The number of imide groups is 1. The van der Waals surface area contributed by atoms with Gasteiger partial charge in [-0.25, -0.2) is 4.90 Å². The van der Waals surface area contributed by atoms with Crippen molar-refractivity contribution in [3.8, 4) is 0 Å². The van der Waals surface area contributed by atoms with E-state index >= 15 is 0 Å². The maximum Gasteiger partial charge on any atom is 0.233 e. The largest absolute Gasteiger partial charge is 0.274 e. The van der Waals surface area contributed by atoms with E-state index in [0.717, 1.165) is 12.8 Å². The fourth-order valence-corrected chi connectivity index (χ4v) is 2.43. The molecule has 1 aliphatic heterocycles.